The molecule has 1 aromatic carbocycles. The number of aryl methyl sites for hydroxylation is 1. The van der Waals surface area contributed by atoms with Crippen molar-refractivity contribution < 1.29 is 13.9 Å². The second-order valence-electron chi connectivity index (χ2n) is 6.08. The lowest BCUT2D eigenvalue weighted by atomic mass is 10.1. The van der Waals surface area contributed by atoms with Crippen molar-refractivity contribution in [1.82, 2.24) is 15.2 Å². The SMILES string of the molecule is Cc1ncsc1CCNC(=O)N1CCC(Oc2ccccc2F)CC1. The van der Waals surface area contributed by atoms with Crippen molar-refractivity contribution in [2.45, 2.75) is 32.3 Å². The lowest BCUT2D eigenvalue weighted by Crippen LogP contribution is -2.46. The van der Waals surface area contributed by atoms with Crippen LogP contribution in [0.1, 0.15) is 23.4 Å². The molecule has 0 radical (unpaired) electrons. The molecule has 2 amide bonds. The number of para-hydroxylation sites is 1. The van der Waals surface area contributed by atoms with Crippen LogP contribution in [0.5, 0.6) is 5.75 Å². The third kappa shape index (κ3) is 4.69. The van der Waals surface area contributed by atoms with Crippen LogP contribution in [0.4, 0.5) is 9.18 Å². The number of rotatable bonds is 5. The molecule has 0 unspecified atom stereocenters. The van der Waals surface area contributed by atoms with E-state index in [9.17, 15) is 9.18 Å². The van der Waals surface area contributed by atoms with Gasteiger partial charge in [0.1, 0.15) is 6.10 Å². The normalized spacial score (nSPS) is 15.2. The van der Waals surface area contributed by atoms with Gasteiger partial charge in [-0.15, -0.1) is 11.3 Å². The molecule has 7 heteroatoms. The quantitative estimate of drug-likeness (QED) is 0.886. The molecule has 0 bridgehead atoms. The fourth-order valence-corrected chi connectivity index (χ4v) is 3.64. The smallest absolute Gasteiger partial charge is 0.317 e. The molecule has 2 aromatic rings. The topological polar surface area (TPSA) is 54.5 Å². The van der Waals surface area contributed by atoms with E-state index >= 15 is 0 Å². The molecule has 3 rings (SSSR count). The third-order valence-electron chi connectivity index (χ3n) is 4.33. The van der Waals surface area contributed by atoms with E-state index in [2.05, 4.69) is 10.3 Å². The van der Waals surface area contributed by atoms with Crippen molar-refractivity contribution in [2.75, 3.05) is 19.6 Å². The zero-order valence-electron chi connectivity index (χ0n) is 14.2. The Labute approximate surface area is 150 Å². The third-order valence-corrected chi connectivity index (χ3v) is 5.33. The lowest BCUT2D eigenvalue weighted by molar-refractivity contribution is 0.108. The van der Waals surface area contributed by atoms with Gasteiger partial charge >= 0.3 is 6.03 Å². The number of hydrogen-bond donors (Lipinski definition) is 1. The second kappa shape index (κ2) is 8.29. The summed E-state index contributed by atoms with van der Waals surface area (Å²) >= 11 is 1.62. The molecule has 2 heterocycles. The number of aromatic nitrogens is 1. The van der Waals surface area contributed by atoms with Gasteiger partial charge in [-0.05, 0) is 19.1 Å². The monoisotopic (exact) mass is 363 g/mol. The molecule has 25 heavy (non-hydrogen) atoms. The van der Waals surface area contributed by atoms with Gasteiger partial charge in [0, 0.05) is 43.8 Å². The summed E-state index contributed by atoms with van der Waals surface area (Å²) in [6.07, 6.45) is 2.15. The van der Waals surface area contributed by atoms with Gasteiger partial charge in [0.15, 0.2) is 11.6 Å². The van der Waals surface area contributed by atoms with Crippen LogP contribution in [0.2, 0.25) is 0 Å². The van der Waals surface area contributed by atoms with Gasteiger partial charge in [-0.25, -0.2) is 14.2 Å². The molecule has 1 fully saturated rings. The van der Waals surface area contributed by atoms with Crippen LogP contribution in [0, 0.1) is 12.7 Å². The number of amides is 2. The highest BCUT2D eigenvalue weighted by molar-refractivity contribution is 7.09. The lowest BCUT2D eigenvalue weighted by Gasteiger charge is -2.32. The molecule has 5 nitrogen and oxygen atoms in total. The first-order valence-corrected chi connectivity index (χ1v) is 9.34. The molecule has 134 valence electrons. The van der Waals surface area contributed by atoms with Gasteiger partial charge in [0.2, 0.25) is 0 Å². The average Bonchev–Trinajstić information content (AvgIpc) is 3.02. The van der Waals surface area contributed by atoms with Crippen molar-refractivity contribution in [3.05, 3.63) is 46.2 Å². The molecule has 0 spiro atoms. The van der Waals surface area contributed by atoms with E-state index < -0.39 is 0 Å². The fourth-order valence-electron chi connectivity index (χ4n) is 2.86. The maximum Gasteiger partial charge on any atom is 0.317 e. The number of nitrogens with one attached hydrogen (secondary N) is 1. The van der Waals surface area contributed by atoms with Crippen molar-refractivity contribution in [1.29, 1.82) is 0 Å². The predicted molar refractivity (Wildman–Crippen MR) is 95.6 cm³/mol. The maximum absolute atomic E-state index is 13.6. The van der Waals surface area contributed by atoms with Crippen LogP contribution in [0.25, 0.3) is 0 Å². The zero-order valence-corrected chi connectivity index (χ0v) is 15.0. The number of thiazole rings is 1. The second-order valence-corrected chi connectivity index (χ2v) is 7.02. The molecule has 1 saturated heterocycles. The molecular weight excluding hydrogens is 341 g/mol. The summed E-state index contributed by atoms with van der Waals surface area (Å²) in [4.78, 5) is 19.4. The molecule has 0 saturated carbocycles. The van der Waals surface area contributed by atoms with Gasteiger partial charge in [-0.3, -0.25) is 0 Å². The standard InChI is InChI=1S/C18H22FN3O2S/c1-13-17(25-12-21-13)6-9-20-18(23)22-10-7-14(8-11-22)24-16-5-3-2-4-15(16)19/h2-5,12,14H,6-11H2,1H3,(H,20,23). The Morgan fingerprint density at radius 2 is 2.16 bits per heavy atom. The number of piperidine rings is 1. The number of carbonyl (C=O) groups is 1. The first kappa shape index (κ1) is 17.7. The molecule has 0 aliphatic carbocycles. The van der Waals surface area contributed by atoms with Crippen molar-refractivity contribution in [3.63, 3.8) is 0 Å². The van der Waals surface area contributed by atoms with E-state index in [1.807, 2.05) is 12.4 Å². The van der Waals surface area contributed by atoms with Crippen LogP contribution < -0.4 is 10.1 Å². The Bertz CT molecular complexity index is 714. The molecule has 1 aromatic heterocycles. The van der Waals surface area contributed by atoms with Gasteiger partial charge in [0.05, 0.1) is 11.2 Å². The van der Waals surface area contributed by atoms with E-state index in [1.54, 1.807) is 34.4 Å². The molecule has 0 atom stereocenters. The summed E-state index contributed by atoms with van der Waals surface area (Å²) in [7, 11) is 0. The molecule has 1 aliphatic rings. The molecule has 1 N–H and O–H groups in total. The number of urea groups is 1. The Hall–Kier alpha value is -2.15. The first-order chi connectivity index (χ1) is 12.1. The summed E-state index contributed by atoms with van der Waals surface area (Å²) in [6.45, 7) is 3.82. The van der Waals surface area contributed by atoms with E-state index in [1.165, 1.54) is 10.9 Å². The average molecular weight is 363 g/mol. The van der Waals surface area contributed by atoms with Crippen LogP contribution in [0.15, 0.2) is 29.8 Å². The van der Waals surface area contributed by atoms with Gasteiger partial charge in [0.25, 0.3) is 0 Å². The number of ether oxygens (including phenoxy) is 1. The van der Waals surface area contributed by atoms with Crippen molar-refractivity contribution in [3.8, 4) is 5.75 Å². The Kier molecular flexibility index (Phi) is 5.86. The fraction of sp³-hybridized carbons (Fsp3) is 0.444. The predicted octanol–water partition coefficient (Wildman–Crippen LogP) is 3.39. The van der Waals surface area contributed by atoms with E-state index in [-0.39, 0.29) is 23.7 Å². The maximum atomic E-state index is 13.6. The van der Waals surface area contributed by atoms with Gasteiger partial charge in [-0.2, -0.15) is 0 Å². The summed E-state index contributed by atoms with van der Waals surface area (Å²) < 4.78 is 19.3. The zero-order chi connectivity index (χ0) is 17.6. The number of likely N-dealkylation sites (tertiary alicyclic amines) is 1. The van der Waals surface area contributed by atoms with Crippen LogP contribution >= 0.6 is 11.3 Å². The number of hydrogen-bond acceptors (Lipinski definition) is 4. The van der Waals surface area contributed by atoms with Crippen LogP contribution in [-0.4, -0.2) is 41.7 Å². The van der Waals surface area contributed by atoms with E-state index in [0.29, 0.717) is 32.5 Å². The van der Waals surface area contributed by atoms with Gasteiger partial charge in [-0.1, -0.05) is 12.1 Å². The Morgan fingerprint density at radius 1 is 1.40 bits per heavy atom. The number of carbonyl (C=O) groups excluding carboxylic acids is 1. The van der Waals surface area contributed by atoms with E-state index in [0.717, 1.165) is 12.1 Å². The molecule has 1 aliphatic heterocycles. The van der Waals surface area contributed by atoms with Crippen LogP contribution in [-0.2, 0) is 6.42 Å². The highest BCUT2D eigenvalue weighted by atomic mass is 32.1. The largest absolute Gasteiger partial charge is 0.487 e. The summed E-state index contributed by atoms with van der Waals surface area (Å²) in [5.74, 6) is -0.0636. The summed E-state index contributed by atoms with van der Waals surface area (Å²) in [5.41, 5.74) is 2.86. The van der Waals surface area contributed by atoms with Crippen molar-refractivity contribution in [2.24, 2.45) is 0 Å². The van der Waals surface area contributed by atoms with Crippen LogP contribution in [0.3, 0.4) is 0 Å². The molecular formula is C18H22FN3O2S. The Morgan fingerprint density at radius 3 is 2.84 bits per heavy atom. The summed E-state index contributed by atoms with van der Waals surface area (Å²) in [6, 6.07) is 6.37. The van der Waals surface area contributed by atoms with E-state index in [4.69, 9.17) is 4.74 Å². The number of halogens is 1. The highest BCUT2D eigenvalue weighted by Crippen LogP contribution is 2.21. The number of nitrogens with zero attached hydrogens (tertiary/aromatic N) is 2. The Balaban J connectivity index is 1.40. The minimum Gasteiger partial charge on any atom is -0.487 e. The first-order valence-electron chi connectivity index (χ1n) is 8.46. The van der Waals surface area contributed by atoms with Crippen molar-refractivity contribution >= 4 is 17.4 Å². The van der Waals surface area contributed by atoms with Gasteiger partial charge < -0.3 is 15.0 Å². The number of benzene rings is 1. The summed E-state index contributed by atoms with van der Waals surface area (Å²) in [5, 5.41) is 2.96. The minimum atomic E-state index is -0.346. The minimum absolute atomic E-state index is 0.0495. The highest BCUT2D eigenvalue weighted by Gasteiger charge is 2.24.